The van der Waals surface area contributed by atoms with Crippen molar-refractivity contribution in [2.75, 3.05) is 0 Å². The van der Waals surface area contributed by atoms with E-state index in [-0.39, 0.29) is 6.24 Å². The fourth-order valence-electron chi connectivity index (χ4n) is 0.322. The van der Waals surface area contributed by atoms with Crippen LogP contribution in [0.4, 0.5) is 0 Å². The molecule has 0 unspecified atom stereocenters. The maximum absolute atomic E-state index is 6.95. The largest absolute Gasteiger partial charge is 0.473 e. The van der Waals surface area contributed by atoms with Crippen molar-refractivity contribution in [3.63, 3.8) is 0 Å². The molecule has 1 nitrogen and oxygen atoms in total. The van der Waals surface area contributed by atoms with Crippen molar-refractivity contribution < 1.29 is 6.11 Å². The van der Waals surface area contributed by atoms with Crippen LogP contribution in [0, 0.1) is 0 Å². The van der Waals surface area contributed by atoms with Gasteiger partial charge in [-0.15, -0.1) is 0 Å². The first-order chi connectivity index (χ1) is 3.89. The molecule has 0 aliphatic carbocycles. The van der Waals surface area contributed by atoms with Crippen molar-refractivity contribution in [2.45, 2.75) is 0 Å². The van der Waals surface area contributed by atoms with Crippen LogP contribution >= 0.6 is 0 Å². The minimum atomic E-state index is 0.176. The first kappa shape index (κ1) is 3.08. The molecule has 0 N–H and O–H groups in total. The van der Waals surface area contributed by atoms with E-state index in [4.69, 9.17) is 1.37 Å². The van der Waals surface area contributed by atoms with Crippen LogP contribution in [0.2, 0.25) is 0 Å². The highest BCUT2D eigenvalue weighted by Crippen LogP contribution is 1.88. The quantitative estimate of drug-likeness (QED) is 0.444. The molecular weight excluding hydrogens is 88.1 g/mol. The van der Waals surface area contributed by atoms with Gasteiger partial charge in [0.05, 0.1) is 12.5 Å². The SMILES string of the molecule is [2H]C1=CC=CC=CO1. The molecule has 1 aliphatic rings. The van der Waals surface area contributed by atoms with Gasteiger partial charge < -0.3 is 4.74 Å². The Morgan fingerprint density at radius 3 is 3.00 bits per heavy atom. The van der Waals surface area contributed by atoms with Crippen molar-refractivity contribution >= 4 is 0 Å². The molecule has 7 heavy (non-hydrogen) atoms. The lowest BCUT2D eigenvalue weighted by Crippen LogP contribution is -1.56. The van der Waals surface area contributed by atoms with Crippen molar-refractivity contribution in [1.82, 2.24) is 0 Å². The first-order valence-corrected chi connectivity index (χ1v) is 2.06. The summed E-state index contributed by atoms with van der Waals surface area (Å²) in [5.41, 5.74) is 0. The third kappa shape index (κ3) is 1.26. The monoisotopic (exact) mass is 95.0 g/mol. The zero-order chi connectivity index (χ0) is 5.82. The van der Waals surface area contributed by atoms with E-state index >= 15 is 0 Å². The van der Waals surface area contributed by atoms with Crippen LogP contribution in [0.3, 0.4) is 0 Å². The molecule has 1 rings (SSSR count). The van der Waals surface area contributed by atoms with Gasteiger partial charge in [-0.2, -0.15) is 0 Å². The Morgan fingerprint density at radius 2 is 2.00 bits per heavy atom. The normalized spacial score (nSPS) is 19.4. The second-order valence-corrected chi connectivity index (χ2v) is 1.12. The van der Waals surface area contributed by atoms with Gasteiger partial charge in [-0.05, 0) is 12.2 Å². The topological polar surface area (TPSA) is 9.23 Å². The Labute approximate surface area is 44.0 Å². The van der Waals surface area contributed by atoms with Crippen molar-refractivity contribution in [3.05, 3.63) is 36.8 Å². The molecule has 1 heterocycles. The van der Waals surface area contributed by atoms with E-state index in [1.807, 2.05) is 6.08 Å². The van der Waals surface area contributed by atoms with E-state index in [1.54, 1.807) is 18.2 Å². The van der Waals surface area contributed by atoms with Crippen LogP contribution < -0.4 is 0 Å². The highest BCUT2D eigenvalue weighted by atomic mass is 16.5. The van der Waals surface area contributed by atoms with Crippen LogP contribution in [-0.2, 0) is 4.74 Å². The predicted octanol–water partition coefficient (Wildman–Crippen LogP) is 1.60. The molecule has 0 radical (unpaired) electrons. The molecule has 0 amide bonds. The van der Waals surface area contributed by atoms with E-state index in [0.29, 0.717) is 0 Å². The molecule has 0 fully saturated rings. The van der Waals surface area contributed by atoms with Crippen LogP contribution in [-0.4, -0.2) is 0 Å². The standard InChI is InChI=1S/C6H6O/c1-2-4-6-7-5-3-1/h1-6H/i5D. The van der Waals surface area contributed by atoms with Crippen LogP contribution in [0.15, 0.2) is 36.8 Å². The second-order valence-electron chi connectivity index (χ2n) is 1.12. The average Bonchev–Trinajstić information content (AvgIpc) is 1.94. The Bertz CT molecular complexity index is 156. The molecular formula is C6H6O. The molecule has 0 bridgehead atoms. The third-order valence-corrected chi connectivity index (χ3v) is 0.601. The molecule has 0 saturated heterocycles. The summed E-state index contributed by atoms with van der Waals surface area (Å²) in [5, 5.41) is 0. The van der Waals surface area contributed by atoms with Crippen molar-refractivity contribution in [1.29, 1.82) is 0 Å². The lowest BCUT2D eigenvalue weighted by Gasteiger charge is -1.79. The Balaban J connectivity index is 2.69. The average molecular weight is 95.1 g/mol. The highest BCUT2D eigenvalue weighted by Gasteiger charge is 1.69. The van der Waals surface area contributed by atoms with Crippen LogP contribution in [0.25, 0.3) is 0 Å². The zero-order valence-corrected chi connectivity index (χ0v) is 3.79. The summed E-state index contributed by atoms with van der Waals surface area (Å²) >= 11 is 0. The fourth-order valence-corrected chi connectivity index (χ4v) is 0.322. The lowest BCUT2D eigenvalue weighted by atomic mass is 10.5. The van der Waals surface area contributed by atoms with Gasteiger partial charge in [0, 0.05) is 0 Å². The molecule has 0 saturated carbocycles. The van der Waals surface area contributed by atoms with Gasteiger partial charge in [0.2, 0.25) is 0 Å². The Morgan fingerprint density at radius 1 is 1.14 bits per heavy atom. The molecule has 1 aliphatic heterocycles. The lowest BCUT2D eigenvalue weighted by molar-refractivity contribution is 0.404. The number of rotatable bonds is 0. The number of allylic oxidation sites excluding steroid dienone is 4. The third-order valence-electron chi connectivity index (χ3n) is 0.601. The summed E-state index contributed by atoms with van der Waals surface area (Å²) in [5.74, 6) is 0. The molecule has 0 aromatic heterocycles. The maximum atomic E-state index is 6.95. The van der Waals surface area contributed by atoms with Crippen molar-refractivity contribution in [3.8, 4) is 0 Å². The predicted molar refractivity (Wildman–Crippen MR) is 28.5 cm³/mol. The van der Waals surface area contributed by atoms with Gasteiger partial charge in [0.15, 0.2) is 0 Å². The van der Waals surface area contributed by atoms with E-state index in [1.165, 1.54) is 6.26 Å². The highest BCUT2D eigenvalue weighted by molar-refractivity contribution is 5.11. The second kappa shape index (κ2) is 2.24. The molecule has 36 valence electrons. The summed E-state index contributed by atoms with van der Waals surface area (Å²) < 4.78 is 11.6. The van der Waals surface area contributed by atoms with Crippen LogP contribution in [0.1, 0.15) is 1.37 Å². The number of hydrogen-bond acceptors (Lipinski definition) is 1. The first-order valence-electron chi connectivity index (χ1n) is 2.56. The molecule has 0 aromatic carbocycles. The van der Waals surface area contributed by atoms with E-state index in [0.717, 1.165) is 0 Å². The summed E-state index contributed by atoms with van der Waals surface area (Å²) in [6.45, 7) is 0. The summed E-state index contributed by atoms with van der Waals surface area (Å²) in [4.78, 5) is 0. The van der Waals surface area contributed by atoms with E-state index in [9.17, 15) is 0 Å². The van der Waals surface area contributed by atoms with Gasteiger partial charge in [0.1, 0.15) is 1.37 Å². The fraction of sp³-hybridized carbons (Fsp3) is 0. The number of hydrogen-bond donors (Lipinski definition) is 0. The zero-order valence-electron chi connectivity index (χ0n) is 4.79. The van der Waals surface area contributed by atoms with Gasteiger partial charge in [0.25, 0.3) is 0 Å². The Hall–Kier alpha value is -0.980. The number of ether oxygens (including phenoxy) is 1. The molecule has 0 spiro atoms. The van der Waals surface area contributed by atoms with Gasteiger partial charge in [-0.3, -0.25) is 0 Å². The van der Waals surface area contributed by atoms with Gasteiger partial charge >= 0.3 is 0 Å². The summed E-state index contributed by atoms with van der Waals surface area (Å²) in [6, 6.07) is 0. The van der Waals surface area contributed by atoms with E-state index in [2.05, 4.69) is 4.74 Å². The van der Waals surface area contributed by atoms with Crippen molar-refractivity contribution in [2.24, 2.45) is 0 Å². The molecule has 0 atom stereocenters. The molecule has 1 heteroatoms. The Kier molecular flexibility index (Phi) is 0.984. The molecule has 0 aromatic rings. The smallest absolute Gasteiger partial charge is 0.104 e. The minimum Gasteiger partial charge on any atom is -0.473 e. The van der Waals surface area contributed by atoms with E-state index < -0.39 is 0 Å². The van der Waals surface area contributed by atoms with Gasteiger partial charge in [-0.1, -0.05) is 12.2 Å². The van der Waals surface area contributed by atoms with Crippen LogP contribution in [0.5, 0.6) is 0 Å². The van der Waals surface area contributed by atoms with Gasteiger partial charge in [-0.25, -0.2) is 0 Å². The summed E-state index contributed by atoms with van der Waals surface area (Å²) in [6.07, 6.45) is 8.53. The minimum absolute atomic E-state index is 0.176. The maximum Gasteiger partial charge on any atom is 0.104 e. The summed E-state index contributed by atoms with van der Waals surface area (Å²) in [7, 11) is 0.